The van der Waals surface area contributed by atoms with Gasteiger partial charge in [0.25, 0.3) is 21.9 Å². The van der Waals surface area contributed by atoms with Crippen molar-refractivity contribution in [2.45, 2.75) is 39.2 Å². The van der Waals surface area contributed by atoms with Crippen molar-refractivity contribution in [1.29, 1.82) is 0 Å². The van der Waals surface area contributed by atoms with E-state index in [1.165, 1.54) is 12.1 Å². The molecule has 1 unspecified atom stereocenters. The number of nitrogens with one attached hydrogen (secondary N) is 3. The van der Waals surface area contributed by atoms with E-state index in [0.29, 0.717) is 5.56 Å². The first-order valence-electron chi connectivity index (χ1n) is 13.8. The normalized spacial score (nSPS) is 15.0. The number of nitrogens with zero attached hydrogens (tertiary/aromatic N) is 1. The number of carbonyl (C=O) groups excluding carboxylic acids is 5. The first-order chi connectivity index (χ1) is 20.3. The molecule has 5 N–H and O–H groups in total. The zero-order valence-corrected chi connectivity index (χ0v) is 24.7. The molecular weight excluding hydrogens is 580 g/mol. The van der Waals surface area contributed by atoms with Crippen LogP contribution in [0, 0.1) is 17.8 Å². The number of fused-ring (bicyclic) bond motifs is 1. The zero-order valence-electron chi connectivity index (χ0n) is 23.9. The summed E-state index contributed by atoms with van der Waals surface area (Å²) in [6, 6.07) is 13.8. The largest absolute Gasteiger partial charge is 0.354 e. The average molecular weight is 617 g/mol. The Kier molecular flexibility index (Phi) is 11.5. The van der Waals surface area contributed by atoms with E-state index in [1.807, 2.05) is 0 Å². The number of imide groups is 1. The molecule has 0 radical (unpaired) electrons. The van der Waals surface area contributed by atoms with E-state index in [-0.39, 0.29) is 42.9 Å². The minimum absolute atomic E-state index is 0.0559. The van der Waals surface area contributed by atoms with Gasteiger partial charge in [-0.3, -0.25) is 38.6 Å². The summed E-state index contributed by atoms with van der Waals surface area (Å²) >= 11 is 0. The van der Waals surface area contributed by atoms with Crippen LogP contribution in [0.4, 0.5) is 0 Å². The minimum Gasteiger partial charge on any atom is -0.354 e. The molecular formula is C29H36N4O9S. The molecule has 1 aliphatic rings. The van der Waals surface area contributed by atoms with Crippen LogP contribution in [0.1, 0.15) is 53.0 Å². The molecule has 0 bridgehead atoms. The highest BCUT2D eigenvalue weighted by Gasteiger charge is 2.42. The molecule has 0 saturated carbocycles. The predicted molar refractivity (Wildman–Crippen MR) is 154 cm³/mol. The summed E-state index contributed by atoms with van der Waals surface area (Å²) in [6.45, 7) is 3.03. The first kappa shape index (κ1) is 33.4. The molecule has 5 amide bonds. The van der Waals surface area contributed by atoms with E-state index >= 15 is 0 Å². The molecule has 2 aromatic rings. The van der Waals surface area contributed by atoms with Gasteiger partial charge in [0, 0.05) is 19.5 Å². The van der Waals surface area contributed by atoms with Crippen LogP contribution in [0.25, 0.3) is 0 Å². The highest BCUT2D eigenvalue weighted by molar-refractivity contribution is 7.85. The zero-order chi connectivity index (χ0) is 31.7. The summed E-state index contributed by atoms with van der Waals surface area (Å²) in [5, 5.41) is 14.8. The van der Waals surface area contributed by atoms with Crippen LogP contribution < -0.4 is 16.1 Å². The number of carbonyl (C=O) groups is 5. The van der Waals surface area contributed by atoms with Crippen LogP contribution in [0.2, 0.25) is 0 Å². The third kappa shape index (κ3) is 9.17. The van der Waals surface area contributed by atoms with Gasteiger partial charge >= 0.3 is 0 Å². The lowest BCUT2D eigenvalue weighted by molar-refractivity contribution is -0.142. The number of amides is 5. The highest BCUT2D eigenvalue weighted by atomic mass is 32.2. The maximum Gasteiger partial charge on any atom is 0.264 e. The molecule has 1 heterocycles. The van der Waals surface area contributed by atoms with Crippen molar-refractivity contribution in [3.8, 4) is 0 Å². The Balaban J connectivity index is 1.86. The fourth-order valence-electron chi connectivity index (χ4n) is 4.97. The second-order valence-electron chi connectivity index (χ2n) is 10.8. The molecule has 1 aliphatic heterocycles. The van der Waals surface area contributed by atoms with Gasteiger partial charge in [0.05, 0.1) is 28.7 Å². The van der Waals surface area contributed by atoms with E-state index in [1.54, 1.807) is 61.8 Å². The summed E-state index contributed by atoms with van der Waals surface area (Å²) < 4.78 is 31.0. The van der Waals surface area contributed by atoms with Gasteiger partial charge in [0.1, 0.15) is 6.04 Å². The van der Waals surface area contributed by atoms with Gasteiger partial charge in [-0.05, 0) is 36.5 Å². The molecule has 0 fully saturated rings. The second-order valence-corrected chi connectivity index (χ2v) is 12.3. The van der Waals surface area contributed by atoms with E-state index in [2.05, 4.69) is 10.6 Å². The fourth-order valence-corrected chi connectivity index (χ4v) is 5.48. The Hall–Kier alpha value is -4.14. The first-order valence-corrected chi connectivity index (χ1v) is 15.4. The fraction of sp³-hybridized carbons (Fsp3) is 0.414. The smallest absolute Gasteiger partial charge is 0.264 e. The van der Waals surface area contributed by atoms with Gasteiger partial charge in [-0.25, -0.2) is 5.48 Å². The van der Waals surface area contributed by atoms with Crippen molar-refractivity contribution in [2.24, 2.45) is 17.8 Å². The molecule has 3 atom stereocenters. The van der Waals surface area contributed by atoms with Crippen LogP contribution >= 0.6 is 0 Å². The standard InChI is InChI=1S/C29H36N4O9S/c1-18(2)15-22(23(26(35)32-39)17-33-28(37)20-11-6-7-12-21(20)29(33)38)25(34)31-24(16-19-9-4-3-5-10-19)27(36)30-13-8-14-43(40,41)42/h3-7,9-12,18,22-24,39H,8,13-17H2,1-2H3,(H,30,36)(H,31,34)(H,32,35)(H,40,41,42)/t22-,23?,24-/m1/s1. The Morgan fingerprint density at radius 2 is 1.44 bits per heavy atom. The summed E-state index contributed by atoms with van der Waals surface area (Å²) in [6.07, 6.45) is 0.104. The summed E-state index contributed by atoms with van der Waals surface area (Å²) in [4.78, 5) is 66.8. The SMILES string of the molecule is CC(C)C[C@@H](C(=O)N[C@H](Cc1ccccc1)C(=O)NCCCS(=O)(=O)O)C(CN1C(=O)c2ccccc2C1=O)C(=O)NO. The lowest BCUT2D eigenvalue weighted by Crippen LogP contribution is -2.53. The lowest BCUT2D eigenvalue weighted by atomic mass is 9.83. The van der Waals surface area contributed by atoms with Crippen molar-refractivity contribution in [2.75, 3.05) is 18.8 Å². The molecule has 0 spiro atoms. The summed E-state index contributed by atoms with van der Waals surface area (Å²) in [7, 11) is -4.22. The minimum atomic E-state index is -4.22. The van der Waals surface area contributed by atoms with Crippen molar-refractivity contribution >= 4 is 39.7 Å². The third-order valence-corrected chi connectivity index (χ3v) is 7.85. The number of hydrogen-bond acceptors (Lipinski definition) is 8. The molecule has 43 heavy (non-hydrogen) atoms. The molecule has 232 valence electrons. The lowest BCUT2D eigenvalue weighted by Gasteiger charge is -2.30. The Morgan fingerprint density at radius 1 is 0.860 bits per heavy atom. The summed E-state index contributed by atoms with van der Waals surface area (Å²) in [5.74, 6) is -6.81. The van der Waals surface area contributed by atoms with Gasteiger partial charge in [0.15, 0.2) is 0 Å². The van der Waals surface area contributed by atoms with E-state index < -0.39 is 69.8 Å². The monoisotopic (exact) mass is 616 g/mol. The molecule has 0 saturated heterocycles. The highest BCUT2D eigenvalue weighted by Crippen LogP contribution is 2.28. The molecule has 0 aliphatic carbocycles. The third-order valence-electron chi connectivity index (χ3n) is 7.05. The molecule has 0 aromatic heterocycles. The number of hydroxylamine groups is 1. The van der Waals surface area contributed by atoms with E-state index in [9.17, 15) is 37.6 Å². The van der Waals surface area contributed by atoms with E-state index in [0.717, 1.165) is 4.90 Å². The van der Waals surface area contributed by atoms with Crippen molar-refractivity contribution in [1.82, 2.24) is 21.0 Å². The van der Waals surface area contributed by atoms with Gasteiger partial charge in [-0.2, -0.15) is 8.42 Å². The predicted octanol–water partition coefficient (Wildman–Crippen LogP) is 1.19. The quantitative estimate of drug-likeness (QED) is 0.0641. The van der Waals surface area contributed by atoms with Crippen molar-refractivity contribution < 1.29 is 42.2 Å². The second kappa shape index (κ2) is 14.8. The van der Waals surface area contributed by atoms with Crippen LogP contribution in [0.15, 0.2) is 54.6 Å². The number of rotatable bonds is 15. The Morgan fingerprint density at radius 3 is 1.98 bits per heavy atom. The van der Waals surface area contributed by atoms with E-state index in [4.69, 9.17) is 4.55 Å². The topological polar surface area (TPSA) is 199 Å². The molecule has 13 nitrogen and oxygen atoms in total. The average Bonchev–Trinajstić information content (AvgIpc) is 3.20. The molecule has 14 heteroatoms. The maximum atomic E-state index is 13.8. The number of hydrogen-bond donors (Lipinski definition) is 5. The number of benzene rings is 2. The van der Waals surface area contributed by atoms with Gasteiger partial charge < -0.3 is 10.6 Å². The Labute approximate surface area is 249 Å². The van der Waals surface area contributed by atoms with Crippen LogP contribution in [-0.4, -0.2) is 77.5 Å². The van der Waals surface area contributed by atoms with Gasteiger partial charge in [-0.1, -0.05) is 56.3 Å². The molecule has 3 rings (SSSR count). The van der Waals surface area contributed by atoms with Crippen LogP contribution in [0.5, 0.6) is 0 Å². The van der Waals surface area contributed by atoms with Crippen molar-refractivity contribution in [3.63, 3.8) is 0 Å². The Bertz CT molecular complexity index is 1410. The van der Waals surface area contributed by atoms with Crippen molar-refractivity contribution in [3.05, 3.63) is 71.3 Å². The van der Waals surface area contributed by atoms with Crippen LogP contribution in [0.3, 0.4) is 0 Å². The van der Waals surface area contributed by atoms with Gasteiger partial charge in [0.2, 0.25) is 17.7 Å². The summed E-state index contributed by atoms with van der Waals surface area (Å²) in [5.41, 5.74) is 2.57. The molecule has 2 aromatic carbocycles. The van der Waals surface area contributed by atoms with Crippen LogP contribution in [-0.2, 0) is 30.9 Å². The van der Waals surface area contributed by atoms with Gasteiger partial charge in [-0.15, -0.1) is 0 Å². The maximum absolute atomic E-state index is 13.8.